The first kappa shape index (κ1) is 15.6. The van der Waals surface area contributed by atoms with Gasteiger partial charge in [-0.25, -0.2) is 0 Å². The molecule has 2 aromatic rings. The molecule has 2 aromatic carbocycles. The maximum atomic E-state index is 6.06. The van der Waals surface area contributed by atoms with Gasteiger partial charge in [0, 0.05) is 6.04 Å². The Hall–Kier alpha value is -1.80. The number of hydrogen-bond donors (Lipinski definition) is 1. The van der Waals surface area contributed by atoms with Gasteiger partial charge in [-0.15, -0.1) is 0 Å². The van der Waals surface area contributed by atoms with Crippen molar-refractivity contribution in [2.24, 2.45) is 5.73 Å². The first-order valence-corrected chi connectivity index (χ1v) is 7.77. The van der Waals surface area contributed by atoms with Crippen molar-refractivity contribution in [3.05, 3.63) is 65.2 Å². The van der Waals surface area contributed by atoms with E-state index in [0.717, 1.165) is 25.0 Å². The van der Waals surface area contributed by atoms with Crippen LogP contribution in [0.15, 0.2) is 48.5 Å². The van der Waals surface area contributed by atoms with Gasteiger partial charge in [0.25, 0.3) is 0 Å². The lowest BCUT2D eigenvalue weighted by atomic mass is 10.0. The largest absolute Gasteiger partial charge is 0.489 e. The normalized spacial score (nSPS) is 12.1. The van der Waals surface area contributed by atoms with E-state index in [9.17, 15) is 0 Å². The van der Waals surface area contributed by atoms with E-state index in [4.69, 9.17) is 10.5 Å². The molecule has 0 saturated heterocycles. The van der Waals surface area contributed by atoms with Crippen molar-refractivity contribution in [3.8, 4) is 5.75 Å². The van der Waals surface area contributed by atoms with Gasteiger partial charge in [0.2, 0.25) is 0 Å². The first-order chi connectivity index (χ1) is 10.2. The van der Waals surface area contributed by atoms with E-state index in [-0.39, 0.29) is 6.04 Å². The molecule has 0 aromatic heterocycles. The Morgan fingerprint density at radius 1 is 0.952 bits per heavy atom. The van der Waals surface area contributed by atoms with Gasteiger partial charge in [0.15, 0.2) is 0 Å². The molecule has 0 radical (unpaired) electrons. The van der Waals surface area contributed by atoms with Crippen LogP contribution in [0, 0.1) is 0 Å². The molecule has 0 aliphatic carbocycles. The molecule has 0 heterocycles. The van der Waals surface area contributed by atoms with Gasteiger partial charge >= 0.3 is 0 Å². The molecule has 0 spiro atoms. The average molecular weight is 283 g/mol. The molecule has 0 amide bonds. The van der Waals surface area contributed by atoms with Crippen molar-refractivity contribution in [2.75, 3.05) is 0 Å². The lowest BCUT2D eigenvalue weighted by Gasteiger charge is -2.14. The maximum absolute atomic E-state index is 6.06. The Morgan fingerprint density at radius 3 is 2.29 bits per heavy atom. The van der Waals surface area contributed by atoms with Crippen molar-refractivity contribution < 1.29 is 4.74 Å². The molecule has 112 valence electrons. The topological polar surface area (TPSA) is 35.2 Å². The van der Waals surface area contributed by atoms with Gasteiger partial charge in [0.1, 0.15) is 12.4 Å². The summed E-state index contributed by atoms with van der Waals surface area (Å²) in [7, 11) is 0. The van der Waals surface area contributed by atoms with Crippen LogP contribution in [0.4, 0.5) is 0 Å². The van der Waals surface area contributed by atoms with Gasteiger partial charge in [0.05, 0.1) is 0 Å². The Kier molecular flexibility index (Phi) is 5.82. The summed E-state index contributed by atoms with van der Waals surface area (Å²) in [6.45, 7) is 4.88. The van der Waals surface area contributed by atoms with Crippen LogP contribution in [-0.4, -0.2) is 6.04 Å². The van der Waals surface area contributed by atoms with Crippen LogP contribution in [0.1, 0.15) is 37.0 Å². The Balaban J connectivity index is 2.01. The fourth-order valence-electron chi connectivity index (χ4n) is 2.27. The minimum atomic E-state index is 0.193. The average Bonchev–Trinajstić information content (AvgIpc) is 2.54. The highest BCUT2D eigenvalue weighted by molar-refractivity contribution is 5.34. The zero-order valence-corrected chi connectivity index (χ0v) is 13.0. The summed E-state index contributed by atoms with van der Waals surface area (Å²) in [6.07, 6.45) is 2.91. The standard InChI is InChI=1S/C19H25NO/c1-3-15-9-11-16(12-10-15)14-21-19-8-6-5-7-17(19)13-18(20)4-2/h5-12,18H,3-4,13-14,20H2,1-2H3. The monoisotopic (exact) mass is 283 g/mol. The van der Waals surface area contributed by atoms with Gasteiger partial charge in [-0.2, -0.15) is 0 Å². The van der Waals surface area contributed by atoms with Gasteiger partial charge in [-0.3, -0.25) is 0 Å². The van der Waals surface area contributed by atoms with E-state index in [0.29, 0.717) is 6.61 Å². The van der Waals surface area contributed by atoms with Crippen molar-refractivity contribution in [2.45, 2.75) is 45.8 Å². The molecular weight excluding hydrogens is 258 g/mol. The lowest BCUT2D eigenvalue weighted by Crippen LogP contribution is -2.21. The van der Waals surface area contributed by atoms with Gasteiger partial charge in [-0.1, -0.05) is 56.3 Å². The molecule has 21 heavy (non-hydrogen) atoms. The molecule has 0 aliphatic heterocycles. The zero-order valence-electron chi connectivity index (χ0n) is 13.0. The zero-order chi connectivity index (χ0) is 15.1. The summed E-state index contributed by atoms with van der Waals surface area (Å²) >= 11 is 0. The maximum Gasteiger partial charge on any atom is 0.123 e. The Labute approximate surface area is 127 Å². The summed E-state index contributed by atoms with van der Waals surface area (Å²) in [5, 5.41) is 0. The van der Waals surface area contributed by atoms with Crippen LogP contribution in [0.2, 0.25) is 0 Å². The highest BCUT2D eigenvalue weighted by atomic mass is 16.5. The van der Waals surface area contributed by atoms with Crippen LogP contribution < -0.4 is 10.5 Å². The minimum absolute atomic E-state index is 0.193. The third kappa shape index (κ3) is 4.61. The smallest absolute Gasteiger partial charge is 0.123 e. The molecule has 0 aliphatic rings. The summed E-state index contributed by atoms with van der Waals surface area (Å²) in [5.41, 5.74) is 9.80. The van der Waals surface area contributed by atoms with Crippen molar-refractivity contribution in [1.29, 1.82) is 0 Å². The number of ether oxygens (including phenoxy) is 1. The second-order valence-electron chi connectivity index (χ2n) is 5.44. The third-order valence-electron chi connectivity index (χ3n) is 3.80. The molecular formula is C19H25NO. The Morgan fingerprint density at radius 2 is 1.62 bits per heavy atom. The van der Waals surface area contributed by atoms with Crippen LogP contribution in [-0.2, 0) is 19.4 Å². The third-order valence-corrected chi connectivity index (χ3v) is 3.80. The number of para-hydroxylation sites is 1. The van der Waals surface area contributed by atoms with E-state index >= 15 is 0 Å². The molecule has 1 atom stereocenters. The van der Waals surface area contributed by atoms with Crippen LogP contribution in [0.25, 0.3) is 0 Å². The number of rotatable bonds is 7. The predicted molar refractivity (Wildman–Crippen MR) is 88.6 cm³/mol. The highest BCUT2D eigenvalue weighted by Gasteiger charge is 2.07. The molecule has 2 nitrogen and oxygen atoms in total. The fourth-order valence-corrected chi connectivity index (χ4v) is 2.27. The summed E-state index contributed by atoms with van der Waals surface area (Å²) in [4.78, 5) is 0. The minimum Gasteiger partial charge on any atom is -0.489 e. The molecule has 2 heteroatoms. The molecule has 0 saturated carbocycles. The second-order valence-corrected chi connectivity index (χ2v) is 5.44. The van der Waals surface area contributed by atoms with E-state index in [2.05, 4.69) is 44.2 Å². The highest BCUT2D eigenvalue weighted by Crippen LogP contribution is 2.21. The fraction of sp³-hybridized carbons (Fsp3) is 0.368. The number of benzene rings is 2. The first-order valence-electron chi connectivity index (χ1n) is 7.77. The van der Waals surface area contributed by atoms with E-state index in [1.54, 1.807) is 0 Å². The SMILES string of the molecule is CCc1ccc(COc2ccccc2CC(N)CC)cc1. The van der Waals surface area contributed by atoms with E-state index < -0.39 is 0 Å². The van der Waals surface area contributed by atoms with Crippen molar-refractivity contribution in [3.63, 3.8) is 0 Å². The number of nitrogens with two attached hydrogens (primary N) is 1. The molecule has 2 N–H and O–H groups in total. The van der Waals surface area contributed by atoms with E-state index in [1.807, 2.05) is 18.2 Å². The number of hydrogen-bond acceptors (Lipinski definition) is 2. The predicted octanol–water partition coefficient (Wildman–Crippen LogP) is 4.11. The summed E-state index contributed by atoms with van der Waals surface area (Å²) < 4.78 is 5.99. The van der Waals surface area contributed by atoms with Crippen LogP contribution >= 0.6 is 0 Å². The summed E-state index contributed by atoms with van der Waals surface area (Å²) in [5.74, 6) is 0.945. The van der Waals surface area contributed by atoms with Crippen LogP contribution in [0.3, 0.4) is 0 Å². The lowest BCUT2D eigenvalue weighted by molar-refractivity contribution is 0.302. The quantitative estimate of drug-likeness (QED) is 0.830. The van der Waals surface area contributed by atoms with Crippen molar-refractivity contribution >= 4 is 0 Å². The van der Waals surface area contributed by atoms with Crippen LogP contribution in [0.5, 0.6) is 5.75 Å². The van der Waals surface area contributed by atoms with E-state index in [1.165, 1.54) is 16.7 Å². The molecule has 0 fully saturated rings. The second kappa shape index (κ2) is 7.84. The molecule has 2 rings (SSSR count). The van der Waals surface area contributed by atoms with Gasteiger partial charge in [-0.05, 0) is 42.0 Å². The summed E-state index contributed by atoms with van der Waals surface area (Å²) in [6, 6.07) is 17.0. The Bertz CT molecular complexity index is 548. The number of aryl methyl sites for hydroxylation is 1. The van der Waals surface area contributed by atoms with Crippen molar-refractivity contribution in [1.82, 2.24) is 0 Å². The molecule has 0 bridgehead atoms. The van der Waals surface area contributed by atoms with Gasteiger partial charge < -0.3 is 10.5 Å². The molecule has 1 unspecified atom stereocenters.